The van der Waals surface area contributed by atoms with E-state index in [2.05, 4.69) is 9.80 Å². The van der Waals surface area contributed by atoms with Crippen LogP contribution in [0.4, 0.5) is 4.39 Å². The van der Waals surface area contributed by atoms with Gasteiger partial charge in [-0.25, -0.2) is 4.39 Å². The van der Waals surface area contributed by atoms with E-state index in [1.807, 2.05) is 0 Å². The smallest absolute Gasteiger partial charge is 0.162 e. The molecule has 136 valence electrons. The zero-order chi connectivity index (χ0) is 15.4. The summed E-state index contributed by atoms with van der Waals surface area (Å²) >= 11 is 0. The van der Waals surface area contributed by atoms with E-state index in [1.165, 1.54) is 44.5 Å². The maximum atomic E-state index is 12.9. The van der Waals surface area contributed by atoms with Crippen LogP contribution in [-0.4, -0.2) is 54.3 Å². The molecule has 0 aromatic heterocycles. The van der Waals surface area contributed by atoms with Crippen molar-refractivity contribution in [1.82, 2.24) is 9.80 Å². The van der Waals surface area contributed by atoms with Gasteiger partial charge in [-0.15, -0.1) is 24.8 Å². The molecule has 2 fully saturated rings. The number of benzene rings is 1. The summed E-state index contributed by atoms with van der Waals surface area (Å²) in [6.45, 7) is 5.72. The molecule has 24 heavy (non-hydrogen) atoms. The Morgan fingerprint density at radius 1 is 1.08 bits per heavy atom. The molecule has 3 rings (SSSR count). The van der Waals surface area contributed by atoms with Crippen molar-refractivity contribution in [3.8, 4) is 0 Å². The van der Waals surface area contributed by atoms with Crippen LogP contribution in [0.2, 0.25) is 0 Å². The van der Waals surface area contributed by atoms with Crippen molar-refractivity contribution in [3.05, 3.63) is 35.6 Å². The standard InChI is InChI=1S/C18H25FN2O.2ClH/c19-16-8-6-15(7-9-16)18(22)5-3-10-20-12-13-21-11-2-1-4-17(21)14-20;;/h6-9,17H,1-5,10-14H2;2*1H. The first-order valence-electron chi connectivity index (χ1n) is 8.47. The second-order valence-corrected chi connectivity index (χ2v) is 6.52. The van der Waals surface area contributed by atoms with Crippen LogP contribution >= 0.6 is 24.8 Å². The zero-order valence-electron chi connectivity index (χ0n) is 14.0. The summed E-state index contributed by atoms with van der Waals surface area (Å²) in [5.74, 6) is -0.168. The third-order valence-electron chi connectivity index (χ3n) is 4.97. The van der Waals surface area contributed by atoms with Crippen molar-refractivity contribution in [2.24, 2.45) is 0 Å². The average molecular weight is 377 g/mol. The summed E-state index contributed by atoms with van der Waals surface area (Å²) in [6.07, 6.45) is 5.48. The minimum absolute atomic E-state index is 0. The number of nitrogens with zero attached hydrogens (tertiary/aromatic N) is 2. The number of ketones is 1. The normalized spacial score (nSPS) is 21.3. The van der Waals surface area contributed by atoms with Crippen molar-refractivity contribution in [3.63, 3.8) is 0 Å². The number of hydrogen-bond donors (Lipinski definition) is 0. The van der Waals surface area contributed by atoms with E-state index < -0.39 is 0 Å². The molecule has 2 saturated heterocycles. The van der Waals surface area contributed by atoms with Gasteiger partial charge in [0.05, 0.1) is 0 Å². The first-order valence-corrected chi connectivity index (χ1v) is 8.47. The number of carbonyl (C=O) groups excluding carboxylic acids is 1. The fraction of sp³-hybridized carbons (Fsp3) is 0.611. The van der Waals surface area contributed by atoms with Crippen LogP contribution in [0.25, 0.3) is 0 Å². The highest BCUT2D eigenvalue weighted by Gasteiger charge is 2.28. The monoisotopic (exact) mass is 376 g/mol. The summed E-state index contributed by atoms with van der Waals surface area (Å²) in [6, 6.07) is 6.61. The lowest BCUT2D eigenvalue weighted by Gasteiger charge is -2.44. The number of fused-ring (bicyclic) bond motifs is 1. The van der Waals surface area contributed by atoms with E-state index in [9.17, 15) is 9.18 Å². The Kier molecular flexibility index (Phi) is 9.21. The highest BCUT2D eigenvalue weighted by molar-refractivity contribution is 5.95. The van der Waals surface area contributed by atoms with Gasteiger partial charge >= 0.3 is 0 Å². The number of halogens is 3. The molecule has 0 bridgehead atoms. The first kappa shape index (κ1) is 21.4. The number of Topliss-reactive ketones (excluding diaryl/α,β-unsaturated/α-hetero) is 1. The highest BCUT2D eigenvalue weighted by atomic mass is 35.5. The van der Waals surface area contributed by atoms with Gasteiger partial charge in [0.25, 0.3) is 0 Å². The van der Waals surface area contributed by atoms with Crippen molar-refractivity contribution < 1.29 is 9.18 Å². The zero-order valence-corrected chi connectivity index (χ0v) is 15.6. The van der Waals surface area contributed by atoms with Crippen LogP contribution in [0.1, 0.15) is 42.5 Å². The van der Waals surface area contributed by atoms with E-state index in [-0.39, 0.29) is 36.4 Å². The summed E-state index contributed by atoms with van der Waals surface area (Å²) in [4.78, 5) is 17.2. The number of piperidine rings is 1. The van der Waals surface area contributed by atoms with Gasteiger partial charge in [0, 0.05) is 37.7 Å². The van der Waals surface area contributed by atoms with Gasteiger partial charge in [-0.1, -0.05) is 6.42 Å². The van der Waals surface area contributed by atoms with Gasteiger partial charge < -0.3 is 4.90 Å². The summed E-state index contributed by atoms with van der Waals surface area (Å²) in [5.41, 5.74) is 0.624. The van der Waals surface area contributed by atoms with Crippen LogP contribution < -0.4 is 0 Å². The Morgan fingerprint density at radius 3 is 2.58 bits per heavy atom. The van der Waals surface area contributed by atoms with Gasteiger partial charge in [0.15, 0.2) is 5.78 Å². The minimum atomic E-state index is -0.290. The van der Waals surface area contributed by atoms with Gasteiger partial charge in [-0.05, 0) is 56.6 Å². The molecule has 1 unspecified atom stereocenters. The van der Waals surface area contributed by atoms with Crippen LogP contribution in [0.3, 0.4) is 0 Å². The van der Waals surface area contributed by atoms with Crippen molar-refractivity contribution in [2.45, 2.75) is 38.1 Å². The molecule has 0 amide bonds. The maximum absolute atomic E-state index is 12.9. The fourth-order valence-corrected chi connectivity index (χ4v) is 3.67. The lowest BCUT2D eigenvalue weighted by Crippen LogP contribution is -2.54. The number of hydrogen-bond acceptors (Lipinski definition) is 3. The van der Waals surface area contributed by atoms with Crippen molar-refractivity contribution in [1.29, 1.82) is 0 Å². The molecule has 0 spiro atoms. The molecule has 2 heterocycles. The molecule has 0 N–H and O–H groups in total. The number of carbonyl (C=O) groups is 1. The molecule has 3 nitrogen and oxygen atoms in total. The van der Waals surface area contributed by atoms with E-state index in [0.29, 0.717) is 12.0 Å². The predicted octanol–water partition coefficient (Wildman–Crippen LogP) is 3.80. The lowest BCUT2D eigenvalue weighted by molar-refractivity contribution is 0.0485. The minimum Gasteiger partial charge on any atom is -0.300 e. The molecular formula is C18H27Cl2FN2O. The molecule has 2 aliphatic heterocycles. The maximum Gasteiger partial charge on any atom is 0.162 e. The van der Waals surface area contributed by atoms with Crippen LogP contribution in [0.15, 0.2) is 24.3 Å². The molecule has 2 aliphatic rings. The van der Waals surface area contributed by atoms with Gasteiger partial charge in [-0.3, -0.25) is 9.69 Å². The molecule has 0 radical (unpaired) electrons. The Labute approximate surface area is 156 Å². The van der Waals surface area contributed by atoms with Crippen LogP contribution in [0, 0.1) is 5.82 Å². The lowest BCUT2D eigenvalue weighted by atomic mass is 9.99. The SMILES string of the molecule is Cl.Cl.O=C(CCCN1CCN2CCCCC2C1)c1ccc(F)cc1. The second kappa shape index (κ2) is 10.3. The summed E-state index contributed by atoms with van der Waals surface area (Å²) in [5, 5.41) is 0. The second-order valence-electron chi connectivity index (χ2n) is 6.52. The van der Waals surface area contributed by atoms with Gasteiger partial charge in [-0.2, -0.15) is 0 Å². The van der Waals surface area contributed by atoms with E-state index in [0.717, 1.165) is 32.1 Å². The van der Waals surface area contributed by atoms with Crippen molar-refractivity contribution in [2.75, 3.05) is 32.7 Å². The summed E-state index contributed by atoms with van der Waals surface area (Å²) < 4.78 is 12.9. The molecular weight excluding hydrogens is 350 g/mol. The Morgan fingerprint density at radius 2 is 1.83 bits per heavy atom. The fourth-order valence-electron chi connectivity index (χ4n) is 3.67. The van der Waals surface area contributed by atoms with E-state index in [1.54, 1.807) is 12.1 Å². The largest absolute Gasteiger partial charge is 0.300 e. The molecule has 1 aromatic carbocycles. The predicted molar refractivity (Wildman–Crippen MR) is 100 cm³/mol. The molecule has 1 atom stereocenters. The quantitative estimate of drug-likeness (QED) is 0.730. The van der Waals surface area contributed by atoms with Gasteiger partial charge in [0.1, 0.15) is 5.82 Å². The Balaban J connectivity index is 0.00000144. The van der Waals surface area contributed by atoms with Crippen LogP contribution in [-0.2, 0) is 0 Å². The Bertz CT molecular complexity index is 512. The summed E-state index contributed by atoms with van der Waals surface area (Å²) in [7, 11) is 0. The molecule has 0 aliphatic carbocycles. The Hall–Kier alpha value is -0.680. The third-order valence-corrected chi connectivity index (χ3v) is 4.97. The number of rotatable bonds is 5. The molecule has 0 saturated carbocycles. The topological polar surface area (TPSA) is 23.6 Å². The van der Waals surface area contributed by atoms with Crippen LogP contribution in [0.5, 0.6) is 0 Å². The number of piperazine rings is 1. The van der Waals surface area contributed by atoms with Gasteiger partial charge in [0.2, 0.25) is 0 Å². The van der Waals surface area contributed by atoms with Crippen molar-refractivity contribution >= 4 is 30.6 Å². The third kappa shape index (κ3) is 5.69. The molecule has 6 heteroatoms. The van der Waals surface area contributed by atoms with E-state index >= 15 is 0 Å². The highest BCUT2D eigenvalue weighted by Crippen LogP contribution is 2.21. The van der Waals surface area contributed by atoms with E-state index in [4.69, 9.17) is 0 Å². The average Bonchev–Trinajstić information content (AvgIpc) is 2.55. The molecule has 1 aromatic rings. The first-order chi connectivity index (χ1) is 10.7.